The molecule has 3 aromatic carbocycles. The second-order valence-corrected chi connectivity index (χ2v) is 20.0. The number of rotatable bonds is 6. The molecule has 4 bridgehead atoms. The van der Waals surface area contributed by atoms with E-state index in [1.54, 1.807) is 0 Å². The van der Waals surface area contributed by atoms with Crippen molar-refractivity contribution in [3.63, 3.8) is 0 Å². The van der Waals surface area contributed by atoms with E-state index in [1.165, 1.54) is 143 Å². The van der Waals surface area contributed by atoms with E-state index in [4.69, 9.17) is 9.97 Å². The number of nitrogens with zero attached hydrogens (tertiary/aromatic N) is 3. The summed E-state index contributed by atoms with van der Waals surface area (Å²) in [4.78, 5) is 11.0. The van der Waals surface area contributed by atoms with E-state index in [9.17, 15) is 10.2 Å². The number of pyridine rings is 2. The Morgan fingerprint density at radius 3 is 1.14 bits per heavy atom. The van der Waals surface area contributed by atoms with Gasteiger partial charge in [0, 0.05) is 33.6 Å². The molecule has 5 nitrogen and oxygen atoms in total. The highest BCUT2D eigenvalue weighted by Gasteiger charge is 2.41. The summed E-state index contributed by atoms with van der Waals surface area (Å²) in [5, 5.41) is 28.7. The van der Waals surface area contributed by atoms with Crippen LogP contribution in [0, 0.1) is 0 Å². The Labute approximate surface area is 355 Å². The van der Waals surface area contributed by atoms with Gasteiger partial charge in [0.05, 0.1) is 11.4 Å². The summed E-state index contributed by atoms with van der Waals surface area (Å²) < 4.78 is 0.888. The monoisotopic (exact) mass is 795 g/mol. The number of hydrogen-bond donors (Lipinski definition) is 2. The zero-order valence-electron chi connectivity index (χ0n) is 37.0. The maximum Gasteiger partial charge on any atom is 0.107 e. The van der Waals surface area contributed by atoms with Crippen molar-refractivity contribution in [2.75, 3.05) is 0 Å². The minimum Gasteiger partial charge on any atom is -0.384 e. The summed E-state index contributed by atoms with van der Waals surface area (Å²) in [6, 6.07) is 23.2. The Kier molecular flexibility index (Phi) is 12.9. The number of hydrogen-bond acceptors (Lipinski definition) is 4. The molecule has 0 radical (unpaired) electrons. The van der Waals surface area contributed by atoms with Crippen LogP contribution in [0.15, 0.2) is 60.7 Å². The normalized spacial score (nSPS) is 18.8. The fraction of sp³-hybridized carbons (Fsp3) is 0.556. The number of fused-ring (bicyclic) bond motifs is 28. The maximum absolute atomic E-state index is 11.6. The molecule has 0 saturated carbocycles. The lowest BCUT2D eigenvalue weighted by Crippen LogP contribution is -2.42. The van der Waals surface area contributed by atoms with Gasteiger partial charge < -0.3 is 14.7 Å². The number of aromatic nitrogens is 2. The van der Waals surface area contributed by atoms with Crippen LogP contribution in [-0.2, 0) is 63.1 Å². The van der Waals surface area contributed by atoms with Crippen LogP contribution in [0.2, 0.25) is 0 Å². The fourth-order valence-corrected chi connectivity index (χ4v) is 11.1. The van der Waals surface area contributed by atoms with Gasteiger partial charge in [-0.05, 0) is 124 Å². The molecule has 5 heterocycles. The molecule has 59 heavy (non-hydrogen) atoms. The van der Waals surface area contributed by atoms with Crippen molar-refractivity contribution in [1.29, 1.82) is 0 Å². The molecular weight excluding hydrogens is 723 g/mol. The third-order valence-electron chi connectivity index (χ3n) is 14.1. The predicted molar refractivity (Wildman–Crippen MR) is 244 cm³/mol. The Morgan fingerprint density at radius 1 is 0.458 bits per heavy atom. The first-order chi connectivity index (χ1) is 28.5. The van der Waals surface area contributed by atoms with Crippen LogP contribution in [0.1, 0.15) is 187 Å². The second kappa shape index (κ2) is 18.1. The van der Waals surface area contributed by atoms with E-state index in [-0.39, 0.29) is 0 Å². The van der Waals surface area contributed by atoms with Gasteiger partial charge in [-0.2, -0.15) is 0 Å². The molecule has 2 aromatic heterocycles. The lowest BCUT2D eigenvalue weighted by atomic mass is 9.90. The van der Waals surface area contributed by atoms with Gasteiger partial charge in [0.15, 0.2) is 0 Å². The number of benzene rings is 3. The lowest BCUT2D eigenvalue weighted by Gasteiger charge is -2.37. The zero-order chi connectivity index (χ0) is 41.0. The fourth-order valence-electron chi connectivity index (χ4n) is 11.1. The average molecular weight is 795 g/mol. The first kappa shape index (κ1) is 42.1. The molecular formula is C54H72N3O2+. The minimum absolute atomic E-state index is 0.882. The highest BCUT2D eigenvalue weighted by atomic mass is 16.3. The van der Waals surface area contributed by atoms with Gasteiger partial charge in [0.25, 0.3) is 0 Å². The summed E-state index contributed by atoms with van der Waals surface area (Å²) >= 11 is 0. The molecule has 3 aliphatic heterocycles. The molecule has 0 fully saturated rings. The lowest BCUT2D eigenvalue weighted by molar-refractivity contribution is -0.972. The molecule has 5 aromatic rings. The van der Waals surface area contributed by atoms with Crippen LogP contribution in [0.25, 0.3) is 21.5 Å². The summed E-state index contributed by atoms with van der Waals surface area (Å²) in [5.41, 5.74) is 10.4. The molecule has 2 aliphatic carbocycles. The van der Waals surface area contributed by atoms with E-state index in [0.29, 0.717) is 0 Å². The smallest absolute Gasteiger partial charge is 0.107 e. The molecule has 0 atom stereocenters. The van der Waals surface area contributed by atoms with Gasteiger partial charge >= 0.3 is 0 Å². The van der Waals surface area contributed by atoms with E-state index in [0.717, 1.165) is 93.4 Å². The Bertz CT molecular complexity index is 2080. The van der Waals surface area contributed by atoms with E-state index < -0.39 is 11.2 Å². The largest absolute Gasteiger partial charge is 0.384 e. The number of quaternary nitrogens is 1. The summed E-state index contributed by atoms with van der Waals surface area (Å²) in [6.45, 7) is 11.4. The maximum atomic E-state index is 11.6. The third kappa shape index (κ3) is 9.64. The Hall–Kier alpha value is -3.64. The molecule has 0 amide bonds. The van der Waals surface area contributed by atoms with Crippen molar-refractivity contribution in [2.24, 2.45) is 0 Å². The molecule has 2 N–H and O–H groups in total. The van der Waals surface area contributed by atoms with Crippen molar-refractivity contribution in [2.45, 2.75) is 193 Å². The van der Waals surface area contributed by atoms with Crippen LogP contribution in [0.3, 0.4) is 0 Å². The van der Waals surface area contributed by atoms with Crippen molar-refractivity contribution < 1.29 is 14.7 Å². The number of aryl methyl sites for hydroxylation is 4. The Morgan fingerprint density at radius 2 is 0.780 bits per heavy atom. The first-order valence-electron chi connectivity index (χ1n) is 23.7. The average Bonchev–Trinajstić information content (AvgIpc) is 3.58. The van der Waals surface area contributed by atoms with Crippen molar-refractivity contribution in [1.82, 2.24) is 9.97 Å². The first-order valence-corrected chi connectivity index (χ1v) is 23.7. The molecule has 5 heteroatoms. The molecule has 0 spiro atoms. The highest BCUT2D eigenvalue weighted by Crippen LogP contribution is 2.44. The van der Waals surface area contributed by atoms with Gasteiger partial charge in [-0.25, -0.2) is 0 Å². The topological polar surface area (TPSA) is 66.2 Å². The van der Waals surface area contributed by atoms with Crippen molar-refractivity contribution >= 4 is 21.5 Å². The molecule has 5 aliphatic rings. The SMILES string of the molecule is CC(C)(O)c1nc2c(C[N+]3(Cc4cc5c(C(C)(C)O)nc4CCCCCCCCCC5)Cc4c(c5ccccc5c5ccccc45)C3)cc1CCCCCCCCCC2. The molecule has 314 valence electrons. The summed E-state index contributed by atoms with van der Waals surface area (Å²) in [7, 11) is 0. The van der Waals surface area contributed by atoms with Gasteiger partial charge in [-0.1, -0.05) is 126 Å². The molecule has 0 unspecified atom stereocenters. The molecule has 10 rings (SSSR count). The van der Waals surface area contributed by atoms with E-state index >= 15 is 0 Å². The van der Waals surface area contributed by atoms with Crippen LogP contribution < -0.4 is 0 Å². The van der Waals surface area contributed by atoms with Crippen molar-refractivity contribution in [3.8, 4) is 0 Å². The van der Waals surface area contributed by atoms with Crippen LogP contribution >= 0.6 is 0 Å². The zero-order valence-corrected chi connectivity index (χ0v) is 37.0. The quantitative estimate of drug-likeness (QED) is 0.133. The Balaban J connectivity index is 1.30. The predicted octanol–water partition coefficient (Wildman–Crippen LogP) is 12.9. The van der Waals surface area contributed by atoms with Crippen molar-refractivity contribution in [3.05, 3.63) is 117 Å². The third-order valence-corrected chi connectivity index (χ3v) is 14.1. The summed E-state index contributed by atoms with van der Waals surface area (Å²) in [5.74, 6) is 0. The van der Waals surface area contributed by atoms with Gasteiger partial charge in [-0.15, -0.1) is 0 Å². The van der Waals surface area contributed by atoms with Gasteiger partial charge in [0.1, 0.15) is 37.4 Å². The summed E-state index contributed by atoms with van der Waals surface area (Å²) in [6.07, 6.45) is 23.8. The number of aliphatic hydroxyl groups is 2. The second-order valence-electron chi connectivity index (χ2n) is 20.0. The standard InChI is InChI=1S/C54H72N3O2/c1-53(2,58)51-39-25-17-13-9-5-7-11-15-19-31-49(55-51)41(33-39)35-57(37-47-45-29-23-21-27-43(45)44-28-22-24-30-46(44)48(47)38-57)36-42-34-40-26-18-14-10-6-8-12-16-20-32-50(42)56-52(40)54(3,4)59/h21-24,27-30,33-34,58-59H,5-20,25-26,31-32,35-38H2,1-4H3/q+1. The van der Waals surface area contributed by atoms with E-state index in [1.807, 2.05) is 27.7 Å². The van der Waals surface area contributed by atoms with Crippen LogP contribution in [-0.4, -0.2) is 24.7 Å². The molecule has 0 saturated heterocycles. The highest BCUT2D eigenvalue weighted by molar-refractivity contribution is 6.10. The minimum atomic E-state index is -0.993. The van der Waals surface area contributed by atoms with Crippen LogP contribution in [0.4, 0.5) is 0 Å². The van der Waals surface area contributed by atoms with Gasteiger partial charge in [-0.3, -0.25) is 9.97 Å². The van der Waals surface area contributed by atoms with Gasteiger partial charge in [0.2, 0.25) is 0 Å². The van der Waals surface area contributed by atoms with Crippen LogP contribution in [0.5, 0.6) is 0 Å². The van der Waals surface area contributed by atoms with E-state index in [2.05, 4.69) is 60.7 Å².